The number of halogens is 2. The lowest BCUT2D eigenvalue weighted by molar-refractivity contribution is -0.139. The Hall–Kier alpha value is -3.43. The van der Waals surface area contributed by atoms with Crippen LogP contribution < -0.4 is 9.62 Å². The molecule has 1 N–H and O–H groups in total. The van der Waals surface area contributed by atoms with Gasteiger partial charge in [-0.2, -0.15) is 0 Å². The monoisotopic (exact) mass is 585 g/mol. The smallest absolute Gasteiger partial charge is 0.264 e. The van der Waals surface area contributed by atoms with Gasteiger partial charge in [0.05, 0.1) is 15.6 Å². The highest BCUT2D eigenvalue weighted by atomic mass is 35.5. The lowest BCUT2D eigenvalue weighted by Gasteiger charge is -2.32. The minimum absolute atomic E-state index is 0.0298. The number of hydrogen-bond acceptors (Lipinski definition) is 4. The molecule has 212 valence electrons. The molecule has 10 heteroatoms. The van der Waals surface area contributed by atoms with Crippen molar-refractivity contribution in [2.45, 2.75) is 63.1 Å². The van der Waals surface area contributed by atoms with Crippen molar-refractivity contribution in [2.75, 3.05) is 10.8 Å². The van der Waals surface area contributed by atoms with E-state index in [-0.39, 0.29) is 34.1 Å². The summed E-state index contributed by atoms with van der Waals surface area (Å²) in [6.07, 6.45) is 3.85. The summed E-state index contributed by atoms with van der Waals surface area (Å²) in [4.78, 5) is 28.6. The van der Waals surface area contributed by atoms with Crippen molar-refractivity contribution in [3.8, 4) is 0 Å². The molecule has 0 heterocycles. The van der Waals surface area contributed by atoms with Crippen molar-refractivity contribution in [3.63, 3.8) is 0 Å². The molecule has 0 aromatic heterocycles. The van der Waals surface area contributed by atoms with Crippen LogP contribution >= 0.6 is 11.6 Å². The number of amides is 2. The predicted molar refractivity (Wildman–Crippen MR) is 154 cm³/mol. The second-order valence-electron chi connectivity index (χ2n) is 10.1. The van der Waals surface area contributed by atoms with E-state index in [0.717, 1.165) is 47.2 Å². The van der Waals surface area contributed by atoms with Crippen LogP contribution in [0.2, 0.25) is 5.02 Å². The van der Waals surface area contributed by atoms with Crippen molar-refractivity contribution in [1.29, 1.82) is 0 Å². The van der Waals surface area contributed by atoms with Gasteiger partial charge in [0.1, 0.15) is 18.4 Å². The highest BCUT2D eigenvalue weighted by molar-refractivity contribution is 7.92. The van der Waals surface area contributed by atoms with E-state index in [2.05, 4.69) is 5.32 Å². The van der Waals surface area contributed by atoms with E-state index >= 15 is 0 Å². The number of carbonyl (C=O) groups excluding carboxylic acids is 2. The summed E-state index contributed by atoms with van der Waals surface area (Å²) >= 11 is 6.00. The summed E-state index contributed by atoms with van der Waals surface area (Å²) in [6, 6.07) is 17.9. The standard InChI is InChI=1S/C30H33ClFN3O4S/c1-21-9-8-10-23(17-21)19-34(22(2)30(37)33-24-11-6-7-12-24)29(36)20-35(25-15-16-28(32)27(31)18-25)40(38,39)26-13-4-3-5-14-26/h3-5,8-10,13-18,22,24H,6-7,11-12,19-20H2,1-2H3,(H,33,37). The quantitative estimate of drug-likeness (QED) is 0.342. The Morgan fingerprint density at radius 1 is 1.02 bits per heavy atom. The van der Waals surface area contributed by atoms with Gasteiger partial charge in [0, 0.05) is 12.6 Å². The molecule has 7 nitrogen and oxygen atoms in total. The van der Waals surface area contributed by atoms with E-state index in [1.54, 1.807) is 25.1 Å². The van der Waals surface area contributed by atoms with Crippen LogP contribution in [0, 0.1) is 12.7 Å². The zero-order valence-corrected chi connectivity index (χ0v) is 24.1. The van der Waals surface area contributed by atoms with Crippen molar-refractivity contribution in [2.24, 2.45) is 0 Å². The van der Waals surface area contributed by atoms with Gasteiger partial charge in [-0.15, -0.1) is 0 Å². The fourth-order valence-corrected chi connectivity index (χ4v) is 6.47. The summed E-state index contributed by atoms with van der Waals surface area (Å²) < 4.78 is 42.4. The number of nitrogens with zero attached hydrogens (tertiary/aromatic N) is 2. The van der Waals surface area contributed by atoms with Crippen LogP contribution in [0.5, 0.6) is 0 Å². The minimum atomic E-state index is -4.25. The summed E-state index contributed by atoms with van der Waals surface area (Å²) in [5.41, 5.74) is 1.82. The molecule has 4 rings (SSSR count). The maximum absolute atomic E-state index is 14.0. The Kier molecular flexibility index (Phi) is 9.48. The molecule has 0 spiro atoms. The van der Waals surface area contributed by atoms with Crippen molar-refractivity contribution < 1.29 is 22.4 Å². The van der Waals surface area contributed by atoms with Crippen molar-refractivity contribution in [1.82, 2.24) is 10.2 Å². The Labute approximate surface area is 240 Å². The molecule has 0 bridgehead atoms. The third-order valence-electron chi connectivity index (χ3n) is 7.11. The molecule has 0 aliphatic heterocycles. The van der Waals surface area contributed by atoms with Gasteiger partial charge < -0.3 is 10.2 Å². The second kappa shape index (κ2) is 12.8. The average Bonchev–Trinajstić information content (AvgIpc) is 3.45. The highest BCUT2D eigenvalue weighted by Gasteiger charge is 2.33. The lowest BCUT2D eigenvalue weighted by atomic mass is 10.1. The van der Waals surface area contributed by atoms with E-state index in [4.69, 9.17) is 11.6 Å². The molecule has 1 unspecified atom stereocenters. The maximum Gasteiger partial charge on any atom is 0.264 e. The first-order valence-corrected chi connectivity index (χ1v) is 15.1. The van der Waals surface area contributed by atoms with Crippen LogP contribution in [0.4, 0.5) is 10.1 Å². The number of anilines is 1. The van der Waals surface area contributed by atoms with Gasteiger partial charge in [-0.05, 0) is 62.6 Å². The Balaban J connectivity index is 1.69. The van der Waals surface area contributed by atoms with Gasteiger partial charge in [-0.3, -0.25) is 13.9 Å². The second-order valence-corrected chi connectivity index (χ2v) is 12.4. The van der Waals surface area contributed by atoms with E-state index in [9.17, 15) is 22.4 Å². The molecule has 0 radical (unpaired) electrons. The number of rotatable bonds is 10. The number of carbonyl (C=O) groups is 2. The fourth-order valence-electron chi connectivity index (χ4n) is 4.87. The largest absolute Gasteiger partial charge is 0.352 e. The molecule has 3 aromatic rings. The zero-order valence-electron chi connectivity index (χ0n) is 22.5. The third kappa shape index (κ3) is 7.01. The number of nitrogens with one attached hydrogen (secondary N) is 1. The van der Waals surface area contributed by atoms with Crippen LogP contribution in [0.25, 0.3) is 0 Å². The summed E-state index contributed by atoms with van der Waals surface area (Å²) in [7, 11) is -4.25. The topological polar surface area (TPSA) is 86.8 Å². The Bertz CT molecular complexity index is 1460. The summed E-state index contributed by atoms with van der Waals surface area (Å²) in [5.74, 6) is -1.60. The molecule has 1 atom stereocenters. The van der Waals surface area contributed by atoms with Gasteiger partial charge in [0.15, 0.2) is 0 Å². The number of hydrogen-bond donors (Lipinski definition) is 1. The zero-order chi connectivity index (χ0) is 28.9. The molecular formula is C30H33ClFN3O4S. The van der Waals surface area contributed by atoms with Crippen LogP contribution in [0.3, 0.4) is 0 Å². The van der Waals surface area contributed by atoms with Gasteiger partial charge in [0.25, 0.3) is 10.0 Å². The molecule has 1 fully saturated rings. The Morgan fingerprint density at radius 3 is 2.38 bits per heavy atom. The van der Waals surface area contributed by atoms with Crippen molar-refractivity contribution in [3.05, 3.63) is 94.8 Å². The first kappa shape index (κ1) is 29.6. The number of sulfonamides is 1. The van der Waals surface area contributed by atoms with Crippen LogP contribution in [-0.2, 0) is 26.2 Å². The molecule has 1 aliphatic carbocycles. The lowest BCUT2D eigenvalue weighted by Crippen LogP contribution is -2.52. The minimum Gasteiger partial charge on any atom is -0.352 e. The molecule has 1 aliphatic rings. The predicted octanol–water partition coefficient (Wildman–Crippen LogP) is 5.46. The van der Waals surface area contributed by atoms with Gasteiger partial charge in [-0.25, -0.2) is 12.8 Å². The first-order chi connectivity index (χ1) is 19.1. The summed E-state index contributed by atoms with van der Waals surface area (Å²) in [6.45, 7) is 3.05. The van der Waals surface area contributed by atoms with E-state index < -0.39 is 34.3 Å². The highest BCUT2D eigenvalue weighted by Crippen LogP contribution is 2.28. The van der Waals surface area contributed by atoms with Gasteiger partial charge >= 0.3 is 0 Å². The Morgan fingerprint density at radius 2 is 1.73 bits per heavy atom. The average molecular weight is 586 g/mol. The van der Waals surface area contributed by atoms with Crippen LogP contribution in [0.1, 0.15) is 43.7 Å². The fraction of sp³-hybridized carbons (Fsp3) is 0.333. The SMILES string of the molecule is Cc1cccc(CN(C(=O)CN(c2ccc(F)c(Cl)c2)S(=O)(=O)c2ccccc2)C(C)C(=O)NC2CCCC2)c1. The molecule has 40 heavy (non-hydrogen) atoms. The normalized spacial score (nSPS) is 14.5. The molecule has 2 amide bonds. The maximum atomic E-state index is 14.0. The molecule has 0 saturated heterocycles. The van der Waals surface area contributed by atoms with Gasteiger partial charge in [0.2, 0.25) is 11.8 Å². The molecular weight excluding hydrogens is 553 g/mol. The van der Waals surface area contributed by atoms with Crippen molar-refractivity contribution >= 4 is 39.1 Å². The summed E-state index contributed by atoms with van der Waals surface area (Å²) in [5, 5.41) is 2.76. The molecule has 3 aromatic carbocycles. The number of benzene rings is 3. The van der Waals surface area contributed by atoms with E-state index in [1.165, 1.54) is 29.2 Å². The van der Waals surface area contributed by atoms with Crippen LogP contribution in [-0.4, -0.2) is 43.8 Å². The first-order valence-electron chi connectivity index (χ1n) is 13.2. The van der Waals surface area contributed by atoms with E-state index in [1.807, 2.05) is 31.2 Å². The third-order valence-corrected chi connectivity index (χ3v) is 9.18. The number of aryl methyl sites for hydroxylation is 1. The van der Waals surface area contributed by atoms with Gasteiger partial charge in [-0.1, -0.05) is 72.5 Å². The van der Waals surface area contributed by atoms with E-state index in [0.29, 0.717) is 0 Å². The molecule has 1 saturated carbocycles. The van der Waals surface area contributed by atoms with Crippen LogP contribution in [0.15, 0.2) is 77.7 Å².